The first-order valence-corrected chi connectivity index (χ1v) is 8.08. The highest BCUT2D eigenvalue weighted by Crippen LogP contribution is 2.27. The minimum absolute atomic E-state index is 0.354. The Morgan fingerprint density at radius 1 is 1.05 bits per heavy atom. The molecular formula is C18H20ClN3. The molecule has 4 heteroatoms. The third-order valence-electron chi connectivity index (χ3n) is 3.87. The van der Waals surface area contributed by atoms with E-state index >= 15 is 0 Å². The van der Waals surface area contributed by atoms with Gasteiger partial charge < -0.3 is 9.80 Å². The summed E-state index contributed by atoms with van der Waals surface area (Å²) in [5.41, 5.74) is 2.13. The minimum Gasteiger partial charge on any atom is -0.343 e. The van der Waals surface area contributed by atoms with Gasteiger partial charge in [0.15, 0.2) is 0 Å². The summed E-state index contributed by atoms with van der Waals surface area (Å²) in [5, 5.41) is 0. The van der Waals surface area contributed by atoms with Crippen LogP contribution in [0.25, 0.3) is 0 Å². The fourth-order valence-corrected chi connectivity index (χ4v) is 3.10. The number of aliphatic imine (C=N–C) groups is 1. The number of benzene rings is 2. The van der Waals surface area contributed by atoms with Crippen LogP contribution in [0.2, 0.25) is 0 Å². The van der Waals surface area contributed by atoms with Gasteiger partial charge in [0.25, 0.3) is 0 Å². The quantitative estimate of drug-likeness (QED) is 0.791. The zero-order valence-electron chi connectivity index (χ0n) is 12.7. The van der Waals surface area contributed by atoms with E-state index in [0.29, 0.717) is 11.9 Å². The molecule has 0 N–H and O–H groups in total. The Bertz CT molecular complexity index is 627. The number of hydrogen-bond donors (Lipinski definition) is 0. The standard InChI is InChI=1S/C18H20ClN3/c1-21-14-17(12-13-19)22(16-10-6-3-7-11-16)18(21)20-15-8-4-2-5-9-15/h2-11,17H,12-14H2,1H3/b20-18-. The highest BCUT2D eigenvalue weighted by Gasteiger charge is 2.33. The van der Waals surface area contributed by atoms with Gasteiger partial charge in [0.2, 0.25) is 5.96 Å². The summed E-state index contributed by atoms with van der Waals surface area (Å²) in [6.45, 7) is 0.938. The maximum Gasteiger partial charge on any atom is 0.206 e. The zero-order chi connectivity index (χ0) is 15.4. The van der Waals surface area contributed by atoms with Crippen molar-refractivity contribution >= 4 is 28.9 Å². The lowest BCUT2D eigenvalue weighted by molar-refractivity contribution is 0.506. The van der Waals surface area contributed by atoms with E-state index in [4.69, 9.17) is 16.6 Å². The van der Waals surface area contributed by atoms with Crippen molar-refractivity contribution in [3.63, 3.8) is 0 Å². The highest BCUT2D eigenvalue weighted by molar-refractivity contribution is 6.18. The van der Waals surface area contributed by atoms with Crippen LogP contribution in [0.5, 0.6) is 0 Å². The Morgan fingerprint density at radius 2 is 1.68 bits per heavy atom. The summed E-state index contributed by atoms with van der Waals surface area (Å²) in [6.07, 6.45) is 0.939. The normalized spacial score (nSPS) is 19.9. The number of guanidine groups is 1. The second kappa shape index (κ2) is 6.84. The number of rotatable bonds is 4. The number of alkyl halides is 1. The minimum atomic E-state index is 0.354. The Labute approximate surface area is 136 Å². The molecule has 0 spiro atoms. The molecule has 0 amide bonds. The van der Waals surface area contributed by atoms with Crippen LogP contribution in [-0.4, -0.2) is 36.4 Å². The van der Waals surface area contributed by atoms with Gasteiger partial charge in [0.05, 0.1) is 11.7 Å². The Morgan fingerprint density at radius 3 is 2.32 bits per heavy atom. The molecule has 22 heavy (non-hydrogen) atoms. The molecule has 0 saturated carbocycles. The number of likely N-dealkylation sites (N-methyl/N-ethyl adjacent to an activating group) is 1. The van der Waals surface area contributed by atoms with Gasteiger partial charge in [0, 0.05) is 25.2 Å². The largest absolute Gasteiger partial charge is 0.343 e. The maximum absolute atomic E-state index is 6.00. The summed E-state index contributed by atoms with van der Waals surface area (Å²) in [5.74, 6) is 1.63. The topological polar surface area (TPSA) is 18.8 Å². The Balaban J connectivity index is 2.00. The van der Waals surface area contributed by atoms with Gasteiger partial charge in [-0.2, -0.15) is 0 Å². The van der Waals surface area contributed by atoms with Crippen LogP contribution in [0.1, 0.15) is 6.42 Å². The summed E-state index contributed by atoms with van der Waals surface area (Å²) >= 11 is 6.00. The number of anilines is 1. The molecule has 1 saturated heterocycles. The molecule has 1 atom stereocenters. The average molecular weight is 314 g/mol. The molecule has 3 nitrogen and oxygen atoms in total. The summed E-state index contributed by atoms with van der Waals surface area (Å²) < 4.78 is 0. The van der Waals surface area contributed by atoms with Crippen LogP contribution in [-0.2, 0) is 0 Å². The lowest BCUT2D eigenvalue weighted by atomic mass is 10.2. The van der Waals surface area contributed by atoms with Gasteiger partial charge >= 0.3 is 0 Å². The fraction of sp³-hybridized carbons (Fsp3) is 0.278. The van der Waals surface area contributed by atoms with Gasteiger partial charge in [-0.1, -0.05) is 36.4 Å². The van der Waals surface area contributed by atoms with E-state index in [1.54, 1.807) is 0 Å². The molecule has 0 aromatic heterocycles. The zero-order valence-corrected chi connectivity index (χ0v) is 13.4. The maximum atomic E-state index is 6.00. The predicted molar refractivity (Wildman–Crippen MR) is 94.2 cm³/mol. The molecule has 1 fully saturated rings. The van der Waals surface area contributed by atoms with E-state index in [0.717, 1.165) is 30.3 Å². The van der Waals surface area contributed by atoms with Crippen molar-refractivity contribution < 1.29 is 0 Å². The van der Waals surface area contributed by atoms with Gasteiger partial charge in [-0.05, 0) is 30.7 Å². The second-order valence-corrected chi connectivity index (χ2v) is 5.84. The van der Waals surface area contributed by atoms with Gasteiger partial charge in [0.1, 0.15) is 0 Å². The van der Waals surface area contributed by atoms with Crippen LogP contribution in [0.4, 0.5) is 11.4 Å². The van der Waals surface area contributed by atoms with Crippen molar-refractivity contribution in [1.82, 2.24) is 4.90 Å². The average Bonchev–Trinajstić information content (AvgIpc) is 2.85. The molecule has 0 aliphatic carbocycles. The van der Waals surface area contributed by atoms with Crippen LogP contribution in [0.15, 0.2) is 65.7 Å². The molecular weight excluding hydrogens is 294 g/mol. The first kappa shape index (κ1) is 14.9. The van der Waals surface area contributed by atoms with E-state index < -0.39 is 0 Å². The molecule has 114 valence electrons. The third kappa shape index (κ3) is 3.09. The molecule has 1 aliphatic heterocycles. The molecule has 3 rings (SSSR count). The van der Waals surface area contributed by atoms with Crippen molar-refractivity contribution in [3.05, 3.63) is 60.7 Å². The third-order valence-corrected chi connectivity index (χ3v) is 4.09. The van der Waals surface area contributed by atoms with E-state index in [2.05, 4.69) is 41.1 Å². The van der Waals surface area contributed by atoms with E-state index in [1.165, 1.54) is 0 Å². The number of hydrogen-bond acceptors (Lipinski definition) is 1. The van der Waals surface area contributed by atoms with Crippen molar-refractivity contribution in [1.29, 1.82) is 0 Å². The summed E-state index contributed by atoms with van der Waals surface area (Å²) in [7, 11) is 2.09. The predicted octanol–water partition coefficient (Wildman–Crippen LogP) is 4.12. The molecule has 1 aliphatic rings. The molecule has 1 heterocycles. The van der Waals surface area contributed by atoms with Crippen molar-refractivity contribution in [2.45, 2.75) is 12.5 Å². The summed E-state index contributed by atoms with van der Waals surface area (Å²) in [4.78, 5) is 9.36. The van der Waals surface area contributed by atoms with Crippen molar-refractivity contribution in [2.24, 2.45) is 4.99 Å². The number of halogens is 1. The molecule has 1 unspecified atom stereocenters. The first-order chi connectivity index (χ1) is 10.8. The number of para-hydroxylation sites is 2. The second-order valence-electron chi connectivity index (χ2n) is 5.46. The molecule has 2 aromatic carbocycles. The highest BCUT2D eigenvalue weighted by atomic mass is 35.5. The SMILES string of the molecule is CN1CC(CCCl)N(c2ccccc2)/C1=N\c1ccccc1. The lowest BCUT2D eigenvalue weighted by Gasteiger charge is -2.25. The van der Waals surface area contributed by atoms with Crippen molar-refractivity contribution in [2.75, 3.05) is 24.4 Å². The summed E-state index contributed by atoms with van der Waals surface area (Å²) in [6, 6.07) is 20.8. The van der Waals surface area contributed by atoms with Gasteiger partial charge in [-0.3, -0.25) is 0 Å². The van der Waals surface area contributed by atoms with Crippen molar-refractivity contribution in [3.8, 4) is 0 Å². The fourth-order valence-electron chi connectivity index (χ4n) is 2.85. The Kier molecular flexibility index (Phi) is 4.64. The van der Waals surface area contributed by atoms with Crippen LogP contribution < -0.4 is 4.90 Å². The van der Waals surface area contributed by atoms with Crippen LogP contribution >= 0.6 is 11.6 Å². The van der Waals surface area contributed by atoms with E-state index in [-0.39, 0.29) is 0 Å². The Hall–Kier alpha value is -2.00. The smallest absolute Gasteiger partial charge is 0.206 e. The van der Waals surface area contributed by atoms with Crippen LogP contribution in [0, 0.1) is 0 Å². The lowest BCUT2D eigenvalue weighted by Crippen LogP contribution is -2.35. The van der Waals surface area contributed by atoms with Gasteiger partial charge in [-0.25, -0.2) is 4.99 Å². The first-order valence-electron chi connectivity index (χ1n) is 7.54. The molecule has 0 radical (unpaired) electrons. The van der Waals surface area contributed by atoms with E-state index in [1.807, 2.05) is 36.4 Å². The van der Waals surface area contributed by atoms with E-state index in [9.17, 15) is 0 Å². The monoisotopic (exact) mass is 313 g/mol. The van der Waals surface area contributed by atoms with Gasteiger partial charge in [-0.15, -0.1) is 11.6 Å². The van der Waals surface area contributed by atoms with Crippen LogP contribution in [0.3, 0.4) is 0 Å². The number of nitrogens with zero attached hydrogens (tertiary/aromatic N) is 3. The molecule has 2 aromatic rings. The molecule has 0 bridgehead atoms.